The van der Waals surface area contributed by atoms with Gasteiger partial charge in [0.25, 0.3) is 0 Å². The quantitative estimate of drug-likeness (QED) is 0.221. The molecule has 2 unspecified atom stereocenters. The number of nitrogens with zero attached hydrogens (tertiary/aromatic N) is 3. The maximum Gasteiger partial charge on any atom is 0.490 e. The first kappa shape index (κ1) is 23.1. The lowest BCUT2D eigenvalue weighted by Gasteiger charge is -2.20. The van der Waals surface area contributed by atoms with Gasteiger partial charge in [0.15, 0.2) is 0 Å². The zero-order valence-corrected chi connectivity index (χ0v) is 16.2. The molecule has 0 radical (unpaired) electrons. The number of nitrogens with two attached hydrogens (primary N) is 1. The lowest BCUT2D eigenvalue weighted by atomic mass is 10.2. The van der Waals surface area contributed by atoms with Gasteiger partial charge < -0.3 is 30.4 Å². The predicted octanol–water partition coefficient (Wildman–Crippen LogP) is -2.22. The summed E-state index contributed by atoms with van der Waals surface area (Å²) in [6.07, 6.45) is -1.51. The highest BCUT2D eigenvalue weighted by Crippen LogP contribution is 2.66. The molecule has 1 aromatic heterocycles. The van der Waals surface area contributed by atoms with Crippen LogP contribution in [-0.2, 0) is 31.7 Å². The van der Waals surface area contributed by atoms with Crippen LogP contribution in [0.1, 0.15) is 0 Å². The Morgan fingerprint density at radius 1 is 1.21 bits per heavy atom. The van der Waals surface area contributed by atoms with Crippen molar-refractivity contribution in [2.24, 2.45) is 0 Å². The lowest BCUT2D eigenvalue weighted by Crippen LogP contribution is -2.41. The van der Waals surface area contributed by atoms with E-state index in [9.17, 15) is 28.5 Å². The van der Waals surface area contributed by atoms with Gasteiger partial charge in [-0.25, -0.2) is 23.3 Å². The molecular formula is C8H15N4O13P3. The zero-order chi connectivity index (χ0) is 21.3. The third-order valence-electron chi connectivity index (χ3n) is 2.89. The van der Waals surface area contributed by atoms with E-state index >= 15 is 0 Å². The van der Waals surface area contributed by atoms with Gasteiger partial charge in [0.2, 0.25) is 0 Å². The minimum Gasteiger partial charge on any atom is -0.388 e. The number of nitrogen functional groups attached to an aromatic ring is 1. The Bertz CT molecular complexity index is 915. The topological polar surface area (TPSA) is 253 Å². The number of hydroxylamine groups is 1. The number of hydrogen-bond acceptors (Lipinski definition) is 12. The Hall–Kier alpha value is -1.19. The number of anilines is 1. The van der Waals surface area contributed by atoms with Crippen molar-refractivity contribution in [1.29, 1.82) is 0 Å². The summed E-state index contributed by atoms with van der Waals surface area (Å²) < 4.78 is 45.7. The maximum absolute atomic E-state index is 11.7. The number of aromatic nitrogens is 2. The first-order valence-corrected chi connectivity index (χ1v) is 11.5. The monoisotopic (exact) mass is 468 g/mol. The van der Waals surface area contributed by atoms with Crippen LogP contribution in [0.3, 0.4) is 0 Å². The van der Waals surface area contributed by atoms with E-state index in [4.69, 9.17) is 25.3 Å². The largest absolute Gasteiger partial charge is 0.490 e. The smallest absolute Gasteiger partial charge is 0.388 e. The molecule has 0 aromatic carbocycles. The molecule has 2 heterocycles. The highest BCUT2D eigenvalue weighted by atomic mass is 31.3. The van der Waals surface area contributed by atoms with Gasteiger partial charge in [-0.3, -0.25) is 4.52 Å². The van der Waals surface area contributed by atoms with Crippen molar-refractivity contribution in [2.75, 3.05) is 24.1 Å². The molecule has 17 nitrogen and oxygen atoms in total. The average Bonchev–Trinajstić information content (AvgIpc) is 2.82. The van der Waals surface area contributed by atoms with Gasteiger partial charge in [0, 0.05) is 6.20 Å². The fourth-order valence-corrected chi connectivity index (χ4v) is 4.91. The summed E-state index contributed by atoms with van der Waals surface area (Å²) in [5.41, 5.74) is 4.49. The molecule has 2 rings (SSSR count). The summed E-state index contributed by atoms with van der Waals surface area (Å²) in [7, 11) is -16.6. The molecule has 4 atom stereocenters. The molecule has 7 N–H and O–H groups in total. The number of β-amino-alcohol motifs (C(OH)–C–C–N with tert-alkyl or cyclic N) is 1. The summed E-state index contributed by atoms with van der Waals surface area (Å²) in [5.74, 6) is -0.0646. The van der Waals surface area contributed by atoms with E-state index in [0.717, 1.165) is 9.85 Å². The molecule has 28 heavy (non-hydrogen) atoms. The molecule has 20 heteroatoms. The van der Waals surface area contributed by atoms with Crippen molar-refractivity contribution in [1.82, 2.24) is 9.66 Å². The molecule has 1 aliphatic heterocycles. The Kier molecular flexibility index (Phi) is 6.83. The molecule has 0 spiro atoms. The maximum atomic E-state index is 11.7. The van der Waals surface area contributed by atoms with Gasteiger partial charge in [-0.05, 0) is 6.07 Å². The molecule has 1 aliphatic rings. The van der Waals surface area contributed by atoms with Gasteiger partial charge in [0.1, 0.15) is 18.0 Å². The van der Waals surface area contributed by atoms with Crippen LogP contribution in [0, 0.1) is 0 Å². The van der Waals surface area contributed by atoms with Crippen molar-refractivity contribution in [3.63, 3.8) is 0 Å². The number of rotatable bonds is 8. The molecule has 1 fully saturated rings. The predicted molar refractivity (Wildman–Crippen MR) is 86.7 cm³/mol. The minimum absolute atomic E-state index is 0.0646. The third-order valence-corrected chi connectivity index (χ3v) is 6.70. The Morgan fingerprint density at radius 2 is 1.86 bits per heavy atom. The summed E-state index contributed by atoms with van der Waals surface area (Å²) in [4.78, 5) is 55.6. The van der Waals surface area contributed by atoms with E-state index in [-0.39, 0.29) is 12.4 Å². The number of aliphatic hydroxyl groups excluding tert-OH is 1. The lowest BCUT2D eigenvalue weighted by molar-refractivity contribution is -0.0227. The second kappa shape index (κ2) is 8.28. The normalized spacial score (nSPS) is 24.7. The van der Waals surface area contributed by atoms with E-state index in [2.05, 4.69) is 18.1 Å². The fourth-order valence-electron chi connectivity index (χ4n) is 1.88. The summed E-state index contributed by atoms with van der Waals surface area (Å²) in [6.45, 7) is -1.19. The van der Waals surface area contributed by atoms with Crippen molar-refractivity contribution in [3.05, 3.63) is 22.7 Å². The summed E-state index contributed by atoms with van der Waals surface area (Å²) in [5, 5.41) is 10.7. The van der Waals surface area contributed by atoms with Crippen LogP contribution in [0.5, 0.6) is 0 Å². The number of phosphoric acid groups is 3. The minimum atomic E-state index is -5.66. The van der Waals surface area contributed by atoms with E-state index < -0.39 is 48.0 Å². The highest BCUT2D eigenvalue weighted by Gasteiger charge is 2.42. The van der Waals surface area contributed by atoms with Crippen LogP contribution in [0.15, 0.2) is 17.1 Å². The third kappa shape index (κ3) is 6.70. The molecule has 0 bridgehead atoms. The fraction of sp³-hybridized carbons (Fsp3) is 0.500. The van der Waals surface area contributed by atoms with Crippen LogP contribution in [0.4, 0.5) is 5.82 Å². The van der Waals surface area contributed by atoms with Crippen molar-refractivity contribution >= 4 is 29.3 Å². The molecule has 0 aliphatic carbocycles. The second-order valence-electron chi connectivity index (χ2n) is 5.11. The molecule has 1 saturated heterocycles. The van der Waals surface area contributed by atoms with Crippen LogP contribution in [0.2, 0.25) is 0 Å². The standard InChI is InChI=1S/C8H15N4O13P3/c9-7-1-2-11(8(14)10-7)12-3-5(13)6(23-12)4-22-27(18,19)25-28(20,21)24-26(15,16)17/h1-2,5-6,13H,3-4H2,(H,18,19)(H,20,21)(H2,9,10,14)(H2,15,16,17)/t5-,6+/m0/s1. The van der Waals surface area contributed by atoms with Gasteiger partial charge >= 0.3 is 29.2 Å². The van der Waals surface area contributed by atoms with Crippen LogP contribution in [-0.4, -0.2) is 59.7 Å². The van der Waals surface area contributed by atoms with Crippen LogP contribution < -0.4 is 16.6 Å². The highest BCUT2D eigenvalue weighted by molar-refractivity contribution is 7.66. The number of hydrogen-bond donors (Lipinski definition) is 6. The number of aliphatic hydroxyl groups is 1. The summed E-state index contributed by atoms with van der Waals surface area (Å²) >= 11 is 0. The molecule has 0 amide bonds. The number of phosphoric ester groups is 1. The second-order valence-corrected chi connectivity index (χ2v) is 9.53. The van der Waals surface area contributed by atoms with E-state index in [1.165, 1.54) is 12.3 Å². The van der Waals surface area contributed by atoms with E-state index in [1.54, 1.807) is 0 Å². The van der Waals surface area contributed by atoms with Crippen molar-refractivity contribution in [3.8, 4) is 0 Å². The van der Waals surface area contributed by atoms with Gasteiger partial charge in [0.05, 0.1) is 13.2 Å². The summed E-state index contributed by atoms with van der Waals surface area (Å²) in [6, 6.07) is 1.26. The SMILES string of the molecule is Nc1ccn(N2C[C@H](O)[C@@H](COP(=O)(O)OP(=O)(O)OP(=O)(O)O)O2)c(=O)n1. The van der Waals surface area contributed by atoms with Crippen LogP contribution in [0.25, 0.3) is 0 Å². The van der Waals surface area contributed by atoms with E-state index in [0.29, 0.717) is 0 Å². The van der Waals surface area contributed by atoms with Crippen LogP contribution >= 0.6 is 23.5 Å². The Balaban J connectivity index is 1.98. The Morgan fingerprint density at radius 3 is 2.43 bits per heavy atom. The molecule has 0 saturated carbocycles. The van der Waals surface area contributed by atoms with Crippen molar-refractivity contribution in [2.45, 2.75) is 12.2 Å². The first-order chi connectivity index (χ1) is 12.7. The first-order valence-electron chi connectivity index (χ1n) is 6.94. The Labute approximate surface area is 155 Å². The van der Waals surface area contributed by atoms with E-state index in [1.807, 2.05) is 0 Å². The van der Waals surface area contributed by atoms with Gasteiger partial charge in [-0.1, -0.05) is 0 Å². The zero-order valence-electron chi connectivity index (χ0n) is 13.5. The van der Waals surface area contributed by atoms with Gasteiger partial charge in [-0.15, -0.1) is 0 Å². The average molecular weight is 468 g/mol. The van der Waals surface area contributed by atoms with Gasteiger partial charge in [-0.2, -0.15) is 23.5 Å². The molecule has 160 valence electrons. The molecule has 1 aromatic rings. The molecular weight excluding hydrogens is 453 g/mol. The van der Waals surface area contributed by atoms with Crippen molar-refractivity contribution < 1.29 is 56.4 Å².